The molecule has 0 fully saturated rings. The van der Waals surface area contributed by atoms with Crippen molar-refractivity contribution < 1.29 is 0 Å². The van der Waals surface area contributed by atoms with E-state index in [0.717, 1.165) is 22.3 Å². The van der Waals surface area contributed by atoms with E-state index < -0.39 is 0 Å². The van der Waals surface area contributed by atoms with Gasteiger partial charge in [0.05, 0.1) is 0 Å². The third kappa shape index (κ3) is 3.47. The highest BCUT2D eigenvalue weighted by atomic mass is 14.6. The van der Waals surface area contributed by atoms with Gasteiger partial charge in [0.1, 0.15) is 0 Å². The summed E-state index contributed by atoms with van der Waals surface area (Å²) in [6.07, 6.45) is 14.9. The molecule has 40 heavy (non-hydrogen) atoms. The third-order valence-electron chi connectivity index (χ3n) is 7.86. The summed E-state index contributed by atoms with van der Waals surface area (Å²) in [6, 6.07) is 30.5. The van der Waals surface area contributed by atoms with Gasteiger partial charge in [-0.2, -0.15) is 0 Å². The molecule has 0 N–H and O–H groups in total. The Morgan fingerprint density at radius 2 is 0.500 bits per heavy atom. The molecule has 0 unspecified atom stereocenters. The Morgan fingerprint density at radius 1 is 0.275 bits per heavy atom. The number of hydrogen-bond acceptors (Lipinski definition) is 4. The second-order valence-corrected chi connectivity index (χ2v) is 9.96. The van der Waals surface area contributed by atoms with Gasteiger partial charge in [0, 0.05) is 49.6 Å². The molecular weight excluding hydrogens is 488 g/mol. The van der Waals surface area contributed by atoms with Crippen molar-refractivity contribution in [2.24, 2.45) is 0 Å². The fourth-order valence-electron chi connectivity index (χ4n) is 6.07. The summed E-state index contributed by atoms with van der Waals surface area (Å²) >= 11 is 0. The van der Waals surface area contributed by atoms with Crippen molar-refractivity contribution in [1.29, 1.82) is 0 Å². The molecule has 0 aliphatic carbocycles. The van der Waals surface area contributed by atoms with Crippen LogP contribution in [0.2, 0.25) is 0 Å². The Labute approximate surface area is 231 Å². The Bertz CT molecular complexity index is 1820. The van der Waals surface area contributed by atoms with Crippen molar-refractivity contribution in [1.82, 2.24) is 19.9 Å². The highest BCUT2D eigenvalue weighted by Crippen LogP contribution is 2.48. The van der Waals surface area contributed by atoms with Gasteiger partial charge in [0.25, 0.3) is 0 Å². The zero-order valence-electron chi connectivity index (χ0n) is 21.5. The number of rotatable bonds is 4. The summed E-state index contributed by atoms with van der Waals surface area (Å²) in [5.74, 6) is 0. The molecule has 186 valence electrons. The van der Waals surface area contributed by atoms with Gasteiger partial charge in [0.2, 0.25) is 0 Å². The molecule has 4 aromatic heterocycles. The zero-order valence-corrected chi connectivity index (χ0v) is 21.5. The van der Waals surface area contributed by atoms with E-state index in [1.54, 1.807) is 0 Å². The summed E-state index contributed by atoms with van der Waals surface area (Å²) < 4.78 is 0. The van der Waals surface area contributed by atoms with Crippen LogP contribution in [0, 0.1) is 0 Å². The minimum Gasteiger partial charge on any atom is -0.265 e. The van der Waals surface area contributed by atoms with Crippen LogP contribution < -0.4 is 0 Å². The monoisotopic (exact) mass is 510 g/mol. The number of aromatic nitrogens is 4. The van der Waals surface area contributed by atoms with Gasteiger partial charge in [-0.15, -0.1) is 0 Å². The summed E-state index contributed by atoms with van der Waals surface area (Å²) in [5.41, 5.74) is 9.34. The van der Waals surface area contributed by atoms with Gasteiger partial charge in [0.15, 0.2) is 0 Å². The molecule has 4 heteroatoms. The van der Waals surface area contributed by atoms with Crippen LogP contribution in [0.4, 0.5) is 0 Å². The number of pyridine rings is 4. The molecule has 0 amide bonds. The fraction of sp³-hybridized carbons (Fsp3) is 0. The van der Waals surface area contributed by atoms with Gasteiger partial charge in [-0.05, 0) is 137 Å². The van der Waals surface area contributed by atoms with E-state index in [1.807, 2.05) is 49.6 Å². The highest BCUT2D eigenvalue weighted by molar-refractivity contribution is 6.31. The molecule has 0 spiro atoms. The topological polar surface area (TPSA) is 51.6 Å². The maximum Gasteiger partial charge on any atom is 0.0273 e. The summed E-state index contributed by atoms with van der Waals surface area (Å²) in [4.78, 5) is 17.1. The van der Waals surface area contributed by atoms with Crippen molar-refractivity contribution in [3.63, 3.8) is 0 Å². The largest absolute Gasteiger partial charge is 0.265 e. The number of hydrogen-bond donors (Lipinski definition) is 0. The Hall–Kier alpha value is -5.48. The predicted octanol–water partition coefficient (Wildman–Crippen LogP) is 8.83. The lowest BCUT2D eigenvalue weighted by molar-refractivity contribution is 1.33. The smallest absolute Gasteiger partial charge is 0.0273 e. The standard InChI is InChI=1S/C36H22N4/c1-2-28-32(24-7-15-38-16-8-24)22-34(26-11-19-40-20-12-26)30-4-3-29-33(25-9-17-39-18-10-25)21-31(23-5-13-37-14-6-23)27(1)35(29)36(28)30/h1-22H. The van der Waals surface area contributed by atoms with E-state index in [2.05, 4.69) is 105 Å². The van der Waals surface area contributed by atoms with Gasteiger partial charge < -0.3 is 0 Å². The maximum atomic E-state index is 4.29. The normalized spacial score (nSPS) is 11.5. The average Bonchev–Trinajstić information content (AvgIpc) is 3.04. The van der Waals surface area contributed by atoms with E-state index in [9.17, 15) is 0 Å². The molecule has 0 aliphatic heterocycles. The zero-order chi connectivity index (χ0) is 26.5. The summed E-state index contributed by atoms with van der Waals surface area (Å²) in [7, 11) is 0. The minimum atomic E-state index is 1.15. The van der Waals surface area contributed by atoms with Crippen molar-refractivity contribution >= 4 is 32.3 Å². The first-order valence-corrected chi connectivity index (χ1v) is 13.3. The predicted molar refractivity (Wildman–Crippen MR) is 163 cm³/mol. The van der Waals surface area contributed by atoms with Crippen molar-refractivity contribution in [3.8, 4) is 44.5 Å². The molecule has 0 bridgehead atoms. The van der Waals surface area contributed by atoms with Gasteiger partial charge in [-0.3, -0.25) is 19.9 Å². The SMILES string of the molecule is c1cc(-c2cc(-c3ccncc3)c3ccc4c(-c5ccncc5)cc(-c5ccncc5)c5ccc2c3c54)ccn1. The molecule has 4 aromatic carbocycles. The summed E-state index contributed by atoms with van der Waals surface area (Å²) in [5, 5.41) is 7.44. The van der Waals surface area contributed by atoms with E-state index >= 15 is 0 Å². The molecule has 0 saturated heterocycles. The maximum absolute atomic E-state index is 4.29. The Morgan fingerprint density at radius 3 is 0.725 bits per heavy atom. The van der Waals surface area contributed by atoms with E-state index in [4.69, 9.17) is 0 Å². The third-order valence-corrected chi connectivity index (χ3v) is 7.86. The number of benzene rings is 4. The Kier molecular flexibility index (Phi) is 5.10. The van der Waals surface area contributed by atoms with Gasteiger partial charge in [-0.25, -0.2) is 0 Å². The fourth-order valence-corrected chi connectivity index (χ4v) is 6.07. The quantitative estimate of drug-likeness (QED) is 0.222. The molecule has 4 nitrogen and oxygen atoms in total. The van der Waals surface area contributed by atoms with Crippen LogP contribution in [0.3, 0.4) is 0 Å². The van der Waals surface area contributed by atoms with E-state index in [0.29, 0.717) is 0 Å². The molecule has 0 aliphatic rings. The first kappa shape index (κ1) is 22.5. The highest BCUT2D eigenvalue weighted by Gasteiger charge is 2.20. The minimum absolute atomic E-state index is 1.15. The van der Waals surface area contributed by atoms with Crippen LogP contribution in [0.15, 0.2) is 135 Å². The lowest BCUT2D eigenvalue weighted by Gasteiger charge is -2.21. The molecular formula is C36H22N4. The van der Waals surface area contributed by atoms with Crippen LogP contribution >= 0.6 is 0 Å². The first-order valence-electron chi connectivity index (χ1n) is 13.3. The average molecular weight is 511 g/mol. The van der Waals surface area contributed by atoms with Crippen LogP contribution in [0.1, 0.15) is 0 Å². The first-order chi connectivity index (χ1) is 19.9. The van der Waals surface area contributed by atoms with Crippen LogP contribution in [-0.4, -0.2) is 19.9 Å². The van der Waals surface area contributed by atoms with Crippen molar-refractivity contribution in [3.05, 3.63) is 135 Å². The van der Waals surface area contributed by atoms with Crippen LogP contribution in [0.5, 0.6) is 0 Å². The van der Waals surface area contributed by atoms with E-state index in [1.165, 1.54) is 54.6 Å². The molecule has 0 radical (unpaired) electrons. The number of nitrogens with zero attached hydrogens (tertiary/aromatic N) is 4. The van der Waals surface area contributed by atoms with E-state index in [-0.39, 0.29) is 0 Å². The van der Waals surface area contributed by atoms with Gasteiger partial charge >= 0.3 is 0 Å². The lowest BCUT2D eigenvalue weighted by atomic mass is 9.82. The van der Waals surface area contributed by atoms with Gasteiger partial charge in [-0.1, -0.05) is 24.3 Å². The van der Waals surface area contributed by atoms with Crippen molar-refractivity contribution in [2.75, 3.05) is 0 Å². The van der Waals surface area contributed by atoms with Crippen molar-refractivity contribution in [2.45, 2.75) is 0 Å². The lowest BCUT2D eigenvalue weighted by Crippen LogP contribution is -1.94. The molecule has 0 saturated carbocycles. The van der Waals surface area contributed by atoms with Crippen LogP contribution in [0.25, 0.3) is 76.8 Å². The van der Waals surface area contributed by atoms with Crippen LogP contribution in [-0.2, 0) is 0 Å². The molecule has 8 aromatic rings. The molecule has 0 atom stereocenters. The second-order valence-electron chi connectivity index (χ2n) is 9.96. The second kappa shape index (κ2) is 9.07. The summed E-state index contributed by atoms with van der Waals surface area (Å²) in [6.45, 7) is 0. The Balaban J connectivity index is 1.60. The molecule has 4 heterocycles. The molecule has 8 rings (SSSR count).